The van der Waals surface area contributed by atoms with Crippen LogP contribution in [0.5, 0.6) is 0 Å². The van der Waals surface area contributed by atoms with Crippen LogP contribution in [0.2, 0.25) is 0 Å². The number of nitrogens with zero attached hydrogens (tertiary/aromatic N) is 1. The van der Waals surface area contributed by atoms with Gasteiger partial charge in [0.05, 0.1) is 27.2 Å². The fourth-order valence-electron chi connectivity index (χ4n) is 1.87. The largest absolute Gasteiger partial charge is 1.00 e. The monoisotopic (exact) mass is 575 g/mol. The van der Waals surface area contributed by atoms with E-state index in [0.29, 0.717) is 0 Å². The average molecular weight is 576 g/mol. The molecule has 0 aliphatic heterocycles. The van der Waals surface area contributed by atoms with Gasteiger partial charge >= 0.3 is 47.7 Å². The van der Waals surface area contributed by atoms with Crippen LogP contribution in [-0.2, 0) is 4.79 Å². The number of halogens is 16. The second-order valence-corrected chi connectivity index (χ2v) is 7.13. The highest BCUT2D eigenvalue weighted by Gasteiger charge is 2.94. The summed E-state index contributed by atoms with van der Waals surface area (Å²) in [5.41, 5.74) is 0. The van der Waals surface area contributed by atoms with Gasteiger partial charge in [-0.05, 0) is 12.2 Å². The van der Waals surface area contributed by atoms with Gasteiger partial charge in [0.15, 0.2) is 0 Å². The van der Waals surface area contributed by atoms with Gasteiger partial charge in [-0.3, -0.25) is 0 Å². The van der Waals surface area contributed by atoms with Gasteiger partial charge in [-0.2, -0.15) is 65.9 Å². The number of hydrogen-bond acceptors (Lipinski definition) is 1. The van der Waals surface area contributed by atoms with Crippen LogP contribution in [-0.4, -0.2) is 84.5 Å². The molecule has 1 N–H and O–H groups in total. The van der Waals surface area contributed by atoms with Gasteiger partial charge in [-0.1, -0.05) is 13.2 Å². The van der Waals surface area contributed by atoms with E-state index in [1.54, 1.807) is 0 Å². The summed E-state index contributed by atoms with van der Waals surface area (Å²) >= 11 is 0. The van der Waals surface area contributed by atoms with Gasteiger partial charge in [-0.25, -0.2) is 4.79 Å². The molecule has 35 heavy (non-hydrogen) atoms. The number of carbonyl (C=O) groups is 1. The number of carboxylic acid groups (broad SMARTS) is 1. The maximum atomic E-state index is 12.8. The van der Waals surface area contributed by atoms with Crippen molar-refractivity contribution < 1.29 is 92.6 Å². The summed E-state index contributed by atoms with van der Waals surface area (Å²) in [7, 11) is 4.31. The minimum atomic E-state index is -8.47. The summed E-state index contributed by atoms with van der Waals surface area (Å²) in [4.78, 5) is 9.72. The van der Waals surface area contributed by atoms with Crippen LogP contribution in [0.15, 0.2) is 25.3 Å². The molecule has 0 fully saturated rings. The summed E-state index contributed by atoms with van der Waals surface area (Å²) in [5, 5.41) is 7.57. The molecule has 0 aromatic rings. The summed E-state index contributed by atoms with van der Waals surface area (Å²) in [6.07, 6.45) is -3.83. The van der Waals surface area contributed by atoms with Crippen molar-refractivity contribution in [3.8, 4) is 0 Å². The van der Waals surface area contributed by atoms with Gasteiger partial charge in [0.1, 0.15) is 0 Å². The van der Waals surface area contributed by atoms with E-state index < -0.39 is 47.7 Å². The third kappa shape index (κ3) is 6.68. The first-order valence-corrected chi connectivity index (χ1v) is 8.17. The molecule has 0 saturated heterocycles. The minimum Gasteiger partial charge on any atom is -1.00 e. The van der Waals surface area contributed by atoms with Crippen LogP contribution in [0.25, 0.3) is 0 Å². The van der Waals surface area contributed by atoms with E-state index in [1.807, 2.05) is 12.2 Å². The van der Waals surface area contributed by atoms with E-state index in [9.17, 15) is 70.7 Å². The zero-order valence-corrected chi connectivity index (χ0v) is 18.1. The predicted octanol–water partition coefficient (Wildman–Crippen LogP) is 2.88. The lowest BCUT2D eigenvalue weighted by Crippen LogP contribution is -3.00. The lowest BCUT2D eigenvalue weighted by Gasteiger charge is -2.40. The molecule has 19 heteroatoms. The van der Waals surface area contributed by atoms with E-state index in [-0.39, 0.29) is 12.4 Å². The summed E-state index contributed by atoms with van der Waals surface area (Å²) < 4.78 is 188. The van der Waals surface area contributed by atoms with Gasteiger partial charge in [0, 0.05) is 0 Å². The molecule has 0 saturated carbocycles. The molecular weight excluding hydrogens is 559 g/mol. The Morgan fingerprint density at radius 2 is 0.914 bits per heavy atom. The highest BCUT2D eigenvalue weighted by Crippen LogP contribution is 2.62. The second-order valence-electron chi connectivity index (χ2n) is 7.13. The molecule has 0 aliphatic rings. The van der Waals surface area contributed by atoms with Crippen molar-refractivity contribution in [3.05, 3.63) is 25.3 Å². The number of likely N-dealkylation sites (N-methyl/N-ethyl adjacent to an activating group) is 1. The number of quaternary nitrogens is 1. The molecule has 0 unspecified atom stereocenters. The molecule has 0 bridgehead atoms. The first-order valence-electron chi connectivity index (χ1n) is 8.17. The van der Waals surface area contributed by atoms with Crippen molar-refractivity contribution in [1.82, 2.24) is 0 Å². The second kappa shape index (κ2) is 11.0. The molecule has 0 aliphatic carbocycles. The standard InChI is InChI=1S/C8HF15O2.C8H16N.ClH/c9-2(10,1(24)25)3(11,12)4(13,14)5(15,16)6(17,18)7(19,20)8(21,22)23;1-5-7-9(3,4)8-6-2;/h(H,24,25);5-6H,1-2,7-8H2,3-4H3;1H/q;+1;/p-1. The van der Waals surface area contributed by atoms with Crippen molar-refractivity contribution in [2.24, 2.45) is 0 Å². The first-order chi connectivity index (χ1) is 14.6. The van der Waals surface area contributed by atoms with Gasteiger partial charge in [0.25, 0.3) is 0 Å². The third-order valence-electron chi connectivity index (χ3n) is 3.84. The smallest absolute Gasteiger partial charge is 0.460 e. The number of rotatable bonds is 10. The lowest BCUT2D eigenvalue weighted by atomic mass is 9.91. The fraction of sp³-hybridized carbons (Fsp3) is 0.688. The topological polar surface area (TPSA) is 37.3 Å². The van der Waals surface area contributed by atoms with E-state index in [0.717, 1.165) is 17.6 Å². The van der Waals surface area contributed by atoms with Crippen molar-refractivity contribution in [3.63, 3.8) is 0 Å². The number of carboxylic acids is 1. The molecule has 0 spiro atoms. The predicted molar refractivity (Wildman–Crippen MR) is 85.6 cm³/mol. The molecule has 210 valence electrons. The molecule has 0 heterocycles. The molecule has 0 aromatic heterocycles. The Morgan fingerprint density at radius 3 is 1.14 bits per heavy atom. The van der Waals surface area contributed by atoms with Crippen molar-refractivity contribution in [2.75, 3.05) is 27.2 Å². The Labute approximate surface area is 193 Å². The number of alkyl halides is 15. The fourth-order valence-corrected chi connectivity index (χ4v) is 1.87. The summed E-state index contributed by atoms with van der Waals surface area (Å²) in [6.45, 7) is 9.37. The van der Waals surface area contributed by atoms with Crippen molar-refractivity contribution >= 4 is 5.97 Å². The zero-order chi connectivity index (χ0) is 28.4. The normalized spacial score (nSPS) is 14.3. The first kappa shape index (κ1) is 37.7. The minimum absolute atomic E-state index is 0. The quantitative estimate of drug-likeness (QED) is 0.247. The van der Waals surface area contributed by atoms with Crippen molar-refractivity contribution in [2.45, 2.75) is 41.7 Å². The Hall–Kier alpha value is -1.85. The van der Waals surface area contributed by atoms with Crippen LogP contribution in [0, 0.1) is 0 Å². The lowest BCUT2D eigenvalue weighted by molar-refractivity contribution is -0.878. The average Bonchev–Trinajstić information content (AvgIpc) is 2.60. The molecule has 0 rings (SSSR count). The van der Waals surface area contributed by atoms with Gasteiger partial charge < -0.3 is 22.0 Å². The molecule has 0 atom stereocenters. The van der Waals surface area contributed by atoms with E-state index >= 15 is 0 Å². The van der Waals surface area contributed by atoms with E-state index in [1.165, 1.54) is 0 Å². The Bertz CT molecular complexity index is 736. The highest BCUT2D eigenvalue weighted by molar-refractivity contribution is 5.77. The van der Waals surface area contributed by atoms with Crippen LogP contribution < -0.4 is 12.4 Å². The Balaban J connectivity index is -0.000000866. The molecular formula is C16H17ClF15NO2. The van der Waals surface area contributed by atoms with E-state index in [2.05, 4.69) is 27.3 Å². The number of aliphatic carboxylic acids is 1. The summed E-state index contributed by atoms with van der Waals surface area (Å²) in [5.74, 6) is -52.8. The Morgan fingerprint density at radius 1 is 0.657 bits per heavy atom. The van der Waals surface area contributed by atoms with Crippen LogP contribution >= 0.6 is 0 Å². The SMILES string of the molecule is C=CC[N+](C)(C)CC=C.O=C(O)C(F)(F)C(F)(F)C(F)(F)C(F)(F)C(F)(F)C(F)(F)C(F)(F)F.[Cl-]. The molecule has 3 nitrogen and oxygen atoms in total. The highest BCUT2D eigenvalue weighted by atomic mass is 35.5. The van der Waals surface area contributed by atoms with Crippen LogP contribution in [0.3, 0.4) is 0 Å². The molecule has 0 amide bonds. The van der Waals surface area contributed by atoms with E-state index in [4.69, 9.17) is 5.11 Å². The van der Waals surface area contributed by atoms with Gasteiger partial charge in [0.2, 0.25) is 0 Å². The van der Waals surface area contributed by atoms with Crippen LogP contribution in [0.1, 0.15) is 0 Å². The maximum Gasteiger partial charge on any atom is 0.460 e. The Kier molecular flexibility index (Phi) is 11.9. The van der Waals surface area contributed by atoms with Crippen LogP contribution in [0.4, 0.5) is 65.9 Å². The van der Waals surface area contributed by atoms with Crippen molar-refractivity contribution in [1.29, 1.82) is 0 Å². The molecule has 0 radical (unpaired) electrons. The summed E-state index contributed by atoms with van der Waals surface area (Å²) in [6, 6.07) is 0. The van der Waals surface area contributed by atoms with Gasteiger partial charge in [-0.15, -0.1) is 0 Å². The zero-order valence-electron chi connectivity index (χ0n) is 17.3. The number of hydrogen-bond donors (Lipinski definition) is 1. The maximum absolute atomic E-state index is 12.8. The molecule has 0 aromatic carbocycles. The third-order valence-corrected chi connectivity index (χ3v) is 3.84.